The zero-order valence-electron chi connectivity index (χ0n) is 17.7. The van der Waals surface area contributed by atoms with Crippen LogP contribution in [0.15, 0.2) is 36.8 Å². The number of ketones is 1. The number of nitrogens with one attached hydrogen (secondary N) is 1. The third-order valence-electron chi connectivity index (χ3n) is 5.70. The van der Waals surface area contributed by atoms with Gasteiger partial charge in [-0.3, -0.25) is 9.59 Å². The van der Waals surface area contributed by atoms with E-state index in [0.717, 1.165) is 11.6 Å². The van der Waals surface area contributed by atoms with Gasteiger partial charge in [-0.25, -0.2) is 13.9 Å². The Kier molecular flexibility index (Phi) is 5.69. The van der Waals surface area contributed by atoms with Crippen molar-refractivity contribution in [3.8, 4) is 0 Å². The molecule has 1 saturated heterocycles. The predicted molar refractivity (Wildman–Crippen MR) is 108 cm³/mol. The summed E-state index contributed by atoms with van der Waals surface area (Å²) < 4.78 is 60.4. The topological polar surface area (TPSA) is 85.6 Å². The van der Waals surface area contributed by atoms with Crippen LogP contribution < -0.4 is 5.32 Å². The average Bonchev–Trinajstić information content (AvgIpc) is 3.18. The smallest absolute Gasteiger partial charge is 0.373 e. The van der Waals surface area contributed by atoms with Crippen molar-refractivity contribution >= 4 is 17.3 Å². The molecule has 1 aliphatic heterocycles. The van der Waals surface area contributed by atoms with Gasteiger partial charge < -0.3 is 10.1 Å². The number of Topliss-reactive ketones (excluding diaryl/α,β-unsaturated/α-hetero) is 1. The van der Waals surface area contributed by atoms with Gasteiger partial charge in [-0.05, 0) is 23.6 Å². The van der Waals surface area contributed by atoms with E-state index in [1.807, 2.05) is 13.8 Å². The van der Waals surface area contributed by atoms with Crippen LogP contribution >= 0.6 is 0 Å². The van der Waals surface area contributed by atoms with Gasteiger partial charge in [0.1, 0.15) is 23.5 Å². The molecule has 3 aromatic rings. The Bertz CT molecular complexity index is 1240. The molecule has 0 aliphatic carbocycles. The van der Waals surface area contributed by atoms with Crippen LogP contribution in [0.3, 0.4) is 0 Å². The predicted octanol–water partition coefficient (Wildman–Crippen LogP) is 3.63. The van der Waals surface area contributed by atoms with E-state index in [9.17, 15) is 27.2 Å². The van der Waals surface area contributed by atoms with Crippen LogP contribution in [0, 0.1) is 5.82 Å². The number of hydrogen-bond donors (Lipinski definition) is 1. The first-order chi connectivity index (χ1) is 15.5. The Labute approximate surface area is 185 Å². The number of ether oxygens (including phenoxy) is 1. The summed E-state index contributed by atoms with van der Waals surface area (Å²) in [5.74, 6) is -2.51. The molecule has 4 rings (SSSR count). The highest BCUT2D eigenvalue weighted by Gasteiger charge is 2.46. The highest BCUT2D eigenvalue weighted by atomic mass is 19.4. The minimum Gasteiger partial charge on any atom is -0.373 e. The highest BCUT2D eigenvalue weighted by molar-refractivity contribution is 6.04. The van der Waals surface area contributed by atoms with E-state index >= 15 is 0 Å². The number of benzene rings is 1. The molecule has 33 heavy (non-hydrogen) atoms. The summed E-state index contributed by atoms with van der Waals surface area (Å²) in [6, 6.07) is 1.88. The third kappa shape index (κ3) is 4.08. The molecular formula is C22H20F4N4O3. The maximum absolute atomic E-state index is 14.9. The van der Waals surface area contributed by atoms with Crippen LogP contribution in [-0.4, -0.2) is 39.5 Å². The SMILES string of the molecule is CC(C)c1cnc2c(C(=O)NC3(c4ccc(C(F)(F)F)cc4F)CCOCC3=O)cnn2c1. The Morgan fingerprint density at radius 2 is 2.03 bits per heavy atom. The number of hydrogen-bond acceptors (Lipinski definition) is 5. The average molecular weight is 464 g/mol. The molecule has 7 nitrogen and oxygen atoms in total. The Hall–Kier alpha value is -3.34. The summed E-state index contributed by atoms with van der Waals surface area (Å²) >= 11 is 0. The van der Waals surface area contributed by atoms with Crippen molar-refractivity contribution in [2.45, 2.75) is 37.9 Å². The van der Waals surface area contributed by atoms with Crippen LogP contribution in [0.25, 0.3) is 5.65 Å². The lowest BCUT2D eigenvalue weighted by Gasteiger charge is -2.37. The largest absolute Gasteiger partial charge is 0.416 e. The van der Waals surface area contributed by atoms with Crippen molar-refractivity contribution in [1.82, 2.24) is 19.9 Å². The Morgan fingerprint density at radius 3 is 2.67 bits per heavy atom. The molecule has 11 heteroatoms. The van der Waals surface area contributed by atoms with E-state index in [1.54, 1.807) is 12.4 Å². The fourth-order valence-electron chi connectivity index (χ4n) is 3.78. The summed E-state index contributed by atoms with van der Waals surface area (Å²) in [5, 5.41) is 6.68. The quantitative estimate of drug-likeness (QED) is 0.596. The first-order valence-corrected chi connectivity index (χ1v) is 10.2. The van der Waals surface area contributed by atoms with Gasteiger partial charge in [0.15, 0.2) is 11.4 Å². The number of rotatable bonds is 4. The van der Waals surface area contributed by atoms with Gasteiger partial charge in [0.05, 0.1) is 18.4 Å². The van der Waals surface area contributed by atoms with Crippen LogP contribution in [0.4, 0.5) is 17.6 Å². The fourth-order valence-corrected chi connectivity index (χ4v) is 3.78. The molecule has 0 bridgehead atoms. The molecule has 1 unspecified atom stereocenters. The zero-order chi connectivity index (χ0) is 24.0. The van der Waals surface area contributed by atoms with Crippen molar-refractivity contribution in [3.63, 3.8) is 0 Å². The second-order valence-corrected chi connectivity index (χ2v) is 8.15. The molecule has 0 radical (unpaired) electrons. The summed E-state index contributed by atoms with van der Waals surface area (Å²) in [6.07, 6.45) is -0.322. The first-order valence-electron chi connectivity index (χ1n) is 10.2. The summed E-state index contributed by atoms with van der Waals surface area (Å²) in [4.78, 5) is 30.3. The molecule has 1 amide bonds. The van der Waals surface area contributed by atoms with E-state index < -0.39 is 41.4 Å². The van der Waals surface area contributed by atoms with Crippen LogP contribution in [0.5, 0.6) is 0 Å². The third-order valence-corrected chi connectivity index (χ3v) is 5.70. The van der Waals surface area contributed by atoms with Crippen molar-refractivity contribution in [2.24, 2.45) is 0 Å². The van der Waals surface area contributed by atoms with Gasteiger partial charge in [-0.15, -0.1) is 0 Å². The van der Waals surface area contributed by atoms with Crippen LogP contribution in [0.1, 0.15) is 53.2 Å². The van der Waals surface area contributed by atoms with E-state index in [-0.39, 0.29) is 35.7 Å². The van der Waals surface area contributed by atoms with Crippen molar-refractivity contribution in [1.29, 1.82) is 0 Å². The lowest BCUT2D eigenvalue weighted by Crippen LogP contribution is -2.56. The molecule has 0 saturated carbocycles. The number of carbonyl (C=O) groups is 2. The molecule has 1 aromatic carbocycles. The van der Waals surface area contributed by atoms with E-state index in [0.29, 0.717) is 12.1 Å². The van der Waals surface area contributed by atoms with E-state index in [2.05, 4.69) is 15.4 Å². The van der Waals surface area contributed by atoms with Crippen LogP contribution in [0.2, 0.25) is 0 Å². The summed E-state index contributed by atoms with van der Waals surface area (Å²) in [5.41, 5.74) is -2.30. The van der Waals surface area contributed by atoms with E-state index in [4.69, 9.17) is 4.74 Å². The first kappa shape index (κ1) is 22.8. The van der Waals surface area contributed by atoms with Crippen LogP contribution in [-0.2, 0) is 21.2 Å². The zero-order valence-corrected chi connectivity index (χ0v) is 17.7. The molecular weight excluding hydrogens is 444 g/mol. The van der Waals surface area contributed by atoms with Gasteiger partial charge in [-0.1, -0.05) is 19.9 Å². The standard InChI is InChI=1S/C22H20F4N4O3/c1-12(2)13-8-27-19-15(9-28-30(19)10-13)20(32)29-21(5-6-33-11-18(21)31)16-4-3-14(7-17(16)23)22(24,25)26/h3-4,7-10,12H,5-6,11H2,1-2H3,(H,29,32). The number of halogens is 4. The van der Waals surface area contributed by atoms with Gasteiger partial charge in [0.25, 0.3) is 5.91 Å². The molecule has 1 atom stereocenters. The molecule has 174 valence electrons. The van der Waals surface area contributed by atoms with E-state index in [1.165, 1.54) is 10.7 Å². The monoisotopic (exact) mass is 464 g/mol. The van der Waals surface area contributed by atoms with Gasteiger partial charge in [0, 0.05) is 24.4 Å². The number of nitrogens with zero attached hydrogens (tertiary/aromatic N) is 3. The minimum atomic E-state index is -4.76. The maximum atomic E-state index is 14.9. The number of alkyl halides is 3. The molecule has 2 aromatic heterocycles. The van der Waals surface area contributed by atoms with Crippen molar-refractivity contribution in [2.75, 3.05) is 13.2 Å². The van der Waals surface area contributed by atoms with Gasteiger partial charge >= 0.3 is 6.18 Å². The number of carbonyl (C=O) groups excluding carboxylic acids is 2. The highest BCUT2D eigenvalue weighted by Crippen LogP contribution is 2.36. The lowest BCUT2D eigenvalue weighted by molar-refractivity contribution is -0.137. The number of aromatic nitrogens is 3. The van der Waals surface area contributed by atoms with Gasteiger partial charge in [0.2, 0.25) is 0 Å². The number of fused-ring (bicyclic) bond motifs is 1. The normalized spacial score (nSPS) is 19.3. The Balaban J connectivity index is 1.74. The molecule has 1 aliphatic rings. The molecule has 1 N–H and O–H groups in total. The molecule has 0 spiro atoms. The lowest BCUT2D eigenvalue weighted by atomic mass is 9.80. The van der Waals surface area contributed by atoms with Crippen molar-refractivity contribution < 1.29 is 31.9 Å². The molecule has 3 heterocycles. The maximum Gasteiger partial charge on any atom is 0.416 e. The summed E-state index contributed by atoms with van der Waals surface area (Å²) in [7, 11) is 0. The Morgan fingerprint density at radius 1 is 1.27 bits per heavy atom. The molecule has 1 fully saturated rings. The van der Waals surface area contributed by atoms with Crippen molar-refractivity contribution in [3.05, 3.63) is 64.9 Å². The minimum absolute atomic E-state index is 0.00274. The van der Waals surface area contributed by atoms with Gasteiger partial charge in [-0.2, -0.15) is 18.3 Å². The number of amides is 1. The summed E-state index contributed by atoms with van der Waals surface area (Å²) in [6.45, 7) is 3.51. The fraction of sp³-hybridized carbons (Fsp3) is 0.364. The second-order valence-electron chi connectivity index (χ2n) is 8.15. The second kappa shape index (κ2) is 8.22.